The molecule has 2 saturated heterocycles. The summed E-state index contributed by atoms with van der Waals surface area (Å²) in [5.74, 6) is -0.482. The first-order valence-corrected chi connectivity index (χ1v) is 7.98. The predicted octanol–water partition coefficient (Wildman–Crippen LogP) is 0.826. The number of nitrogens with zero attached hydrogens (tertiary/aromatic N) is 5. The molecule has 2 aliphatic rings. The Kier molecular flexibility index (Phi) is 4.90. The van der Waals surface area contributed by atoms with Crippen molar-refractivity contribution in [1.29, 1.82) is 0 Å². The molecule has 2 amide bonds. The summed E-state index contributed by atoms with van der Waals surface area (Å²) in [5.41, 5.74) is 0. The summed E-state index contributed by atoms with van der Waals surface area (Å²) in [6.07, 6.45) is 3.63. The smallest absolute Gasteiger partial charge is 0.320 e. The Morgan fingerprint density at radius 3 is 2.26 bits per heavy atom. The Morgan fingerprint density at radius 2 is 1.65 bits per heavy atom. The molecule has 2 fully saturated rings. The number of likely N-dealkylation sites (tertiary alicyclic amines) is 1. The first-order valence-electron chi connectivity index (χ1n) is 7.98. The zero-order valence-electron chi connectivity index (χ0n) is 13.3. The molecular formula is C15H22FN5O2. The molecule has 0 bridgehead atoms. The van der Waals surface area contributed by atoms with Crippen molar-refractivity contribution < 1.29 is 13.9 Å². The van der Waals surface area contributed by atoms with E-state index < -0.39 is 5.82 Å². The van der Waals surface area contributed by atoms with Crippen molar-refractivity contribution in [2.24, 2.45) is 0 Å². The minimum Gasteiger partial charge on any atom is -0.460 e. The number of hydrogen-bond acceptors (Lipinski definition) is 5. The van der Waals surface area contributed by atoms with Gasteiger partial charge in [0.15, 0.2) is 5.82 Å². The average molecular weight is 323 g/mol. The number of hydrogen-bond donors (Lipinski definition) is 0. The summed E-state index contributed by atoms with van der Waals surface area (Å²) >= 11 is 0. The molecule has 126 valence electrons. The van der Waals surface area contributed by atoms with E-state index in [1.807, 2.05) is 9.80 Å². The van der Waals surface area contributed by atoms with Crippen LogP contribution < -0.4 is 4.74 Å². The van der Waals surface area contributed by atoms with Gasteiger partial charge in [0.1, 0.15) is 6.10 Å². The summed E-state index contributed by atoms with van der Waals surface area (Å²) in [6.45, 7) is 4.75. The molecule has 3 rings (SSSR count). The largest absolute Gasteiger partial charge is 0.460 e. The molecule has 0 spiro atoms. The molecule has 23 heavy (non-hydrogen) atoms. The van der Waals surface area contributed by atoms with Crippen LogP contribution in [-0.2, 0) is 0 Å². The normalized spacial score (nSPS) is 20.6. The van der Waals surface area contributed by atoms with Crippen molar-refractivity contribution in [3.63, 3.8) is 0 Å². The van der Waals surface area contributed by atoms with Crippen LogP contribution in [0.15, 0.2) is 12.4 Å². The van der Waals surface area contributed by atoms with E-state index in [9.17, 15) is 9.18 Å². The van der Waals surface area contributed by atoms with Gasteiger partial charge in [0.05, 0.1) is 12.4 Å². The van der Waals surface area contributed by atoms with Gasteiger partial charge in [0.25, 0.3) is 0 Å². The first-order chi connectivity index (χ1) is 11.1. The number of carbonyl (C=O) groups is 1. The van der Waals surface area contributed by atoms with E-state index in [-0.39, 0.29) is 18.1 Å². The monoisotopic (exact) mass is 323 g/mol. The summed E-state index contributed by atoms with van der Waals surface area (Å²) in [4.78, 5) is 26.1. The van der Waals surface area contributed by atoms with Crippen LogP contribution in [0.25, 0.3) is 0 Å². The van der Waals surface area contributed by atoms with Gasteiger partial charge >= 0.3 is 12.0 Å². The van der Waals surface area contributed by atoms with Gasteiger partial charge in [0, 0.05) is 52.1 Å². The van der Waals surface area contributed by atoms with Gasteiger partial charge in [-0.15, -0.1) is 0 Å². The lowest BCUT2D eigenvalue weighted by molar-refractivity contribution is 0.0798. The molecule has 2 aliphatic heterocycles. The molecule has 3 heterocycles. The second-order valence-electron chi connectivity index (χ2n) is 6.06. The van der Waals surface area contributed by atoms with E-state index in [0.29, 0.717) is 13.1 Å². The SMILES string of the molecule is CN1CCN(C(=O)N2CCC(Oc3ncc(F)cn3)CC2)CC1. The predicted molar refractivity (Wildman–Crippen MR) is 81.7 cm³/mol. The van der Waals surface area contributed by atoms with Crippen LogP contribution in [0, 0.1) is 5.82 Å². The number of ether oxygens (including phenoxy) is 1. The first kappa shape index (κ1) is 15.9. The topological polar surface area (TPSA) is 61.8 Å². The molecule has 0 atom stereocenters. The highest BCUT2D eigenvalue weighted by molar-refractivity contribution is 5.74. The van der Waals surface area contributed by atoms with Gasteiger partial charge in [-0.2, -0.15) is 0 Å². The van der Waals surface area contributed by atoms with Crippen molar-refractivity contribution in [1.82, 2.24) is 24.7 Å². The third-order valence-corrected chi connectivity index (χ3v) is 4.36. The van der Waals surface area contributed by atoms with E-state index in [1.54, 1.807) is 0 Å². The minimum atomic E-state index is -0.482. The highest BCUT2D eigenvalue weighted by atomic mass is 19.1. The average Bonchev–Trinajstić information content (AvgIpc) is 2.58. The Balaban J connectivity index is 1.46. The zero-order valence-corrected chi connectivity index (χ0v) is 13.3. The highest BCUT2D eigenvalue weighted by Crippen LogP contribution is 2.17. The molecular weight excluding hydrogens is 301 g/mol. The van der Waals surface area contributed by atoms with Crippen molar-refractivity contribution in [3.05, 3.63) is 18.2 Å². The fourth-order valence-corrected chi connectivity index (χ4v) is 2.87. The van der Waals surface area contributed by atoms with Crippen LogP contribution >= 0.6 is 0 Å². The number of amides is 2. The van der Waals surface area contributed by atoms with E-state index in [2.05, 4.69) is 21.9 Å². The van der Waals surface area contributed by atoms with Gasteiger partial charge in [-0.05, 0) is 7.05 Å². The lowest BCUT2D eigenvalue weighted by atomic mass is 10.1. The number of likely N-dealkylation sites (N-methyl/N-ethyl adjacent to an activating group) is 1. The van der Waals surface area contributed by atoms with Crippen molar-refractivity contribution in [2.45, 2.75) is 18.9 Å². The number of piperazine rings is 1. The van der Waals surface area contributed by atoms with Crippen LogP contribution in [-0.4, -0.2) is 83.1 Å². The molecule has 1 aromatic rings. The molecule has 0 aliphatic carbocycles. The Labute approximate surface area is 135 Å². The third kappa shape index (κ3) is 4.07. The lowest BCUT2D eigenvalue weighted by Crippen LogP contribution is -2.54. The van der Waals surface area contributed by atoms with Gasteiger partial charge in [-0.25, -0.2) is 19.2 Å². The van der Waals surface area contributed by atoms with Crippen molar-refractivity contribution in [2.75, 3.05) is 46.3 Å². The molecule has 0 N–H and O–H groups in total. The number of aromatic nitrogens is 2. The van der Waals surface area contributed by atoms with Crippen LogP contribution in [0.4, 0.5) is 9.18 Å². The molecule has 0 radical (unpaired) electrons. The van der Waals surface area contributed by atoms with Gasteiger partial charge in [0.2, 0.25) is 0 Å². The van der Waals surface area contributed by atoms with Crippen LogP contribution in [0.5, 0.6) is 6.01 Å². The molecule has 0 saturated carbocycles. The lowest BCUT2D eigenvalue weighted by Gasteiger charge is -2.38. The van der Waals surface area contributed by atoms with E-state index in [4.69, 9.17) is 4.74 Å². The second kappa shape index (κ2) is 7.08. The zero-order chi connectivity index (χ0) is 16.2. The fourth-order valence-electron chi connectivity index (χ4n) is 2.87. The number of rotatable bonds is 2. The molecule has 1 aromatic heterocycles. The number of urea groups is 1. The molecule has 0 aromatic carbocycles. The third-order valence-electron chi connectivity index (χ3n) is 4.36. The van der Waals surface area contributed by atoms with Gasteiger partial charge in [-0.3, -0.25) is 0 Å². The van der Waals surface area contributed by atoms with Gasteiger partial charge in [-0.1, -0.05) is 0 Å². The number of halogens is 1. The van der Waals surface area contributed by atoms with E-state index >= 15 is 0 Å². The molecule has 8 heteroatoms. The summed E-state index contributed by atoms with van der Waals surface area (Å²) in [6, 6.07) is 0.310. The van der Waals surface area contributed by atoms with Crippen LogP contribution in [0.2, 0.25) is 0 Å². The highest BCUT2D eigenvalue weighted by Gasteiger charge is 2.28. The Morgan fingerprint density at radius 1 is 1.09 bits per heavy atom. The maximum absolute atomic E-state index is 12.8. The standard InChI is InChI=1S/C15H22FN5O2/c1-19-6-8-21(9-7-19)15(22)20-4-2-13(3-5-20)23-14-17-10-12(16)11-18-14/h10-11,13H,2-9H2,1H3. The maximum Gasteiger partial charge on any atom is 0.320 e. The van der Waals surface area contributed by atoms with Crippen LogP contribution in [0.1, 0.15) is 12.8 Å². The number of piperidine rings is 1. The summed E-state index contributed by atoms with van der Waals surface area (Å²) < 4.78 is 18.4. The number of carbonyl (C=O) groups excluding carboxylic acids is 1. The Hall–Kier alpha value is -1.96. The van der Waals surface area contributed by atoms with Crippen molar-refractivity contribution >= 4 is 6.03 Å². The van der Waals surface area contributed by atoms with E-state index in [1.165, 1.54) is 0 Å². The Bertz CT molecular complexity index is 525. The van der Waals surface area contributed by atoms with Crippen LogP contribution in [0.3, 0.4) is 0 Å². The summed E-state index contributed by atoms with van der Waals surface area (Å²) in [5, 5.41) is 0. The molecule has 0 unspecified atom stereocenters. The maximum atomic E-state index is 12.8. The second-order valence-corrected chi connectivity index (χ2v) is 6.06. The van der Waals surface area contributed by atoms with E-state index in [0.717, 1.165) is 51.4 Å². The minimum absolute atomic E-state index is 0.0306. The fraction of sp³-hybridized carbons (Fsp3) is 0.667. The molecule has 7 nitrogen and oxygen atoms in total. The van der Waals surface area contributed by atoms with Crippen molar-refractivity contribution in [3.8, 4) is 6.01 Å². The summed E-state index contributed by atoms with van der Waals surface area (Å²) in [7, 11) is 2.07. The van der Waals surface area contributed by atoms with Gasteiger partial charge < -0.3 is 19.4 Å². The quantitative estimate of drug-likeness (QED) is 0.807.